The summed E-state index contributed by atoms with van der Waals surface area (Å²) in [5, 5.41) is 2.65. The number of carbonyl (C=O) groups is 1. The van der Waals surface area contributed by atoms with Gasteiger partial charge in [-0.05, 0) is 19.4 Å². The first kappa shape index (κ1) is 19.3. The highest BCUT2D eigenvalue weighted by molar-refractivity contribution is 6.73. The van der Waals surface area contributed by atoms with Gasteiger partial charge in [-0.2, -0.15) is 0 Å². The SMILES string of the molecule is C=C(C)C[Si](CCCNC=O)(O[SiH3])O[SiH3].O[SiH3]. The van der Waals surface area contributed by atoms with E-state index in [0.29, 0.717) is 38.0 Å². The second-order valence-electron chi connectivity index (χ2n) is 3.63. The quantitative estimate of drug-likeness (QED) is 0.206. The van der Waals surface area contributed by atoms with Gasteiger partial charge in [0.1, 0.15) is 31.5 Å². The summed E-state index contributed by atoms with van der Waals surface area (Å²) in [6.45, 7) is 6.62. The molecule has 0 aliphatic carbocycles. The third-order valence-electron chi connectivity index (χ3n) is 2.28. The van der Waals surface area contributed by atoms with E-state index in [4.69, 9.17) is 13.0 Å². The van der Waals surface area contributed by atoms with E-state index in [2.05, 4.69) is 11.9 Å². The Balaban J connectivity index is 0. The van der Waals surface area contributed by atoms with Crippen LogP contribution in [0.15, 0.2) is 12.2 Å². The van der Waals surface area contributed by atoms with E-state index in [0.717, 1.165) is 30.5 Å². The molecule has 2 N–H and O–H groups in total. The molecule has 17 heavy (non-hydrogen) atoms. The molecule has 0 atom stereocenters. The predicted molar refractivity (Wildman–Crippen MR) is 83.1 cm³/mol. The Kier molecular flexibility index (Phi) is 14.1. The maximum absolute atomic E-state index is 10.1. The molecule has 5 nitrogen and oxygen atoms in total. The van der Waals surface area contributed by atoms with E-state index < -0.39 is 8.56 Å². The van der Waals surface area contributed by atoms with Crippen molar-refractivity contribution in [2.24, 2.45) is 0 Å². The van der Waals surface area contributed by atoms with Gasteiger partial charge in [0.2, 0.25) is 6.41 Å². The van der Waals surface area contributed by atoms with E-state index in [-0.39, 0.29) is 0 Å². The summed E-state index contributed by atoms with van der Waals surface area (Å²) in [6.07, 6.45) is 1.65. The average molecular weight is 312 g/mol. The molecule has 0 heterocycles. The number of hydrogen-bond acceptors (Lipinski definition) is 4. The van der Waals surface area contributed by atoms with Gasteiger partial charge >= 0.3 is 8.56 Å². The summed E-state index contributed by atoms with van der Waals surface area (Å²) in [7, 11) is -0.266. The van der Waals surface area contributed by atoms with Crippen LogP contribution in [0.3, 0.4) is 0 Å². The highest BCUT2D eigenvalue weighted by Gasteiger charge is 2.33. The Bertz CT molecular complexity index is 214. The molecule has 0 aromatic heterocycles. The van der Waals surface area contributed by atoms with Crippen LogP contribution in [0.25, 0.3) is 0 Å². The maximum atomic E-state index is 10.1. The highest BCUT2D eigenvalue weighted by Crippen LogP contribution is 2.22. The molecule has 0 spiro atoms. The number of rotatable bonds is 9. The van der Waals surface area contributed by atoms with Gasteiger partial charge in [-0.1, -0.05) is 5.57 Å². The third kappa shape index (κ3) is 9.64. The second kappa shape index (κ2) is 12.4. The van der Waals surface area contributed by atoms with Crippen LogP contribution in [0.2, 0.25) is 12.1 Å². The normalized spacial score (nSPS) is 13.5. The van der Waals surface area contributed by atoms with Crippen LogP contribution in [0.4, 0.5) is 0 Å². The molecule has 1 amide bonds. The third-order valence-corrected chi connectivity index (χ3v) is 10.5. The monoisotopic (exact) mass is 311 g/mol. The molecule has 0 bridgehead atoms. The Hall–Kier alpha value is -0.0425. The molecule has 0 rings (SSSR count). The summed E-state index contributed by atoms with van der Waals surface area (Å²) >= 11 is 0. The van der Waals surface area contributed by atoms with Gasteiger partial charge in [0.25, 0.3) is 0 Å². The zero-order chi connectivity index (χ0) is 13.7. The molecule has 0 unspecified atom stereocenters. The topological polar surface area (TPSA) is 67.8 Å². The van der Waals surface area contributed by atoms with Crippen LogP contribution >= 0.6 is 0 Å². The minimum atomic E-state index is -1.99. The van der Waals surface area contributed by atoms with Gasteiger partial charge in [-0.3, -0.25) is 4.79 Å². The van der Waals surface area contributed by atoms with Gasteiger partial charge in [0.15, 0.2) is 0 Å². The fourth-order valence-corrected chi connectivity index (χ4v) is 8.26. The number of nitrogens with one attached hydrogen (secondary N) is 1. The van der Waals surface area contributed by atoms with Crippen LogP contribution in [0.5, 0.6) is 0 Å². The van der Waals surface area contributed by atoms with Crippen LogP contribution in [0.1, 0.15) is 13.3 Å². The van der Waals surface area contributed by atoms with Gasteiger partial charge in [-0.15, -0.1) is 6.58 Å². The van der Waals surface area contributed by atoms with Crippen molar-refractivity contribution in [1.82, 2.24) is 5.32 Å². The van der Waals surface area contributed by atoms with E-state index in [9.17, 15) is 4.79 Å². The molecule has 9 heteroatoms. The first-order valence-corrected chi connectivity index (χ1v) is 10.2. The lowest BCUT2D eigenvalue weighted by Gasteiger charge is -2.29. The molecule has 0 aliphatic rings. The average Bonchev–Trinajstić information content (AvgIpc) is 2.35. The Morgan fingerprint density at radius 3 is 2.35 bits per heavy atom. The van der Waals surface area contributed by atoms with E-state index >= 15 is 0 Å². The molecule has 0 fully saturated rings. The summed E-state index contributed by atoms with van der Waals surface area (Å²) in [5.41, 5.74) is 1.12. The largest absolute Gasteiger partial charge is 0.445 e. The van der Waals surface area contributed by atoms with E-state index in [1.54, 1.807) is 0 Å². The first-order valence-electron chi connectivity index (χ1n) is 5.46. The molecular weight excluding hydrogens is 286 g/mol. The van der Waals surface area contributed by atoms with Crippen molar-refractivity contribution in [1.29, 1.82) is 0 Å². The van der Waals surface area contributed by atoms with Gasteiger partial charge in [0, 0.05) is 12.6 Å². The molecule has 0 aromatic rings. The molecule has 0 saturated heterocycles. The zero-order valence-corrected chi connectivity index (χ0v) is 18.3. The van der Waals surface area contributed by atoms with Crippen LogP contribution < -0.4 is 5.32 Å². The summed E-state index contributed by atoms with van der Waals surface area (Å²) in [5.74, 6) is 0. The van der Waals surface area contributed by atoms with Gasteiger partial charge < -0.3 is 18.3 Å². The van der Waals surface area contributed by atoms with Crippen molar-refractivity contribution in [3.05, 3.63) is 12.2 Å². The Morgan fingerprint density at radius 2 is 2.00 bits per heavy atom. The zero-order valence-electron chi connectivity index (χ0n) is 11.3. The smallest absolute Gasteiger partial charge is 0.320 e. The summed E-state index contributed by atoms with van der Waals surface area (Å²) in [6, 6.07) is 1.81. The summed E-state index contributed by atoms with van der Waals surface area (Å²) in [4.78, 5) is 17.2. The van der Waals surface area contributed by atoms with Crippen LogP contribution in [-0.2, 0) is 13.0 Å². The fraction of sp³-hybridized carbons (Fsp3) is 0.625. The van der Waals surface area contributed by atoms with Crippen molar-refractivity contribution in [2.75, 3.05) is 6.54 Å². The van der Waals surface area contributed by atoms with Crippen molar-refractivity contribution in [3.8, 4) is 0 Å². The summed E-state index contributed by atoms with van der Waals surface area (Å²) < 4.78 is 11.4. The van der Waals surface area contributed by atoms with Crippen molar-refractivity contribution in [2.45, 2.75) is 25.4 Å². The molecule has 102 valence electrons. The molecule has 0 saturated carbocycles. The number of hydrogen-bond donors (Lipinski definition) is 2. The Morgan fingerprint density at radius 1 is 1.47 bits per heavy atom. The molecule has 0 aliphatic heterocycles. The Labute approximate surface area is 114 Å². The predicted octanol–water partition coefficient (Wildman–Crippen LogP) is -3.01. The van der Waals surface area contributed by atoms with E-state index in [1.165, 1.54) is 0 Å². The molecule has 0 radical (unpaired) electrons. The lowest BCUT2D eigenvalue weighted by atomic mass is 10.4. The van der Waals surface area contributed by atoms with Gasteiger partial charge in [0.05, 0.1) is 0 Å². The van der Waals surface area contributed by atoms with E-state index in [1.807, 2.05) is 6.92 Å². The second-order valence-corrected chi connectivity index (χ2v) is 9.57. The molecule has 0 aromatic carbocycles. The lowest BCUT2D eigenvalue weighted by molar-refractivity contribution is -0.109. The maximum Gasteiger partial charge on any atom is 0.320 e. The number of allylic oxidation sites excluding steroid dienone is 1. The van der Waals surface area contributed by atoms with Crippen LogP contribution in [-0.4, -0.2) is 57.8 Å². The highest BCUT2D eigenvalue weighted by atomic mass is 28.4. The number of carbonyl (C=O) groups excluding carboxylic acids is 1. The van der Waals surface area contributed by atoms with Crippen LogP contribution in [0, 0.1) is 0 Å². The minimum absolute atomic E-state index is 0.306. The first-order chi connectivity index (χ1) is 8.10. The molecular formula is C8H25NO4Si4. The van der Waals surface area contributed by atoms with Gasteiger partial charge in [-0.25, -0.2) is 0 Å². The standard InChI is InChI=1S/C8H21NO3Si3.H4OSi/c1-8(2)6-15(11-13,12-14)5-3-4-9-7-10;1-2/h7H,1,3-6H2,2,13-14H3,(H,9,10);1H,2H3. The lowest BCUT2D eigenvalue weighted by Crippen LogP contribution is -2.41. The van der Waals surface area contributed by atoms with Crippen molar-refractivity contribution >= 4 is 46.4 Å². The number of amides is 1. The van der Waals surface area contributed by atoms with Crippen molar-refractivity contribution < 1.29 is 17.8 Å². The minimum Gasteiger partial charge on any atom is -0.445 e. The fourth-order valence-electron chi connectivity index (χ4n) is 1.50. The van der Waals surface area contributed by atoms with Crippen molar-refractivity contribution in [3.63, 3.8) is 0 Å².